The SMILES string of the molecule is CCc1cc(N2C(=S)N(c3ccc(C#N)c(C(F)(F)F)c3)C(=O)C2(C)C)ccc1OCCN1C[C@@H](C)N(CC(=O)Nc2cc(Cl)cc(NC3CCC(=O)NC3=O)c2)[C@H](C)C1. The first kappa shape index (κ1) is 44.3. The molecule has 3 atom stereocenters. The number of nitrogens with zero attached hydrogens (tertiary/aromatic N) is 5. The molecule has 0 saturated carbocycles. The molecule has 13 nitrogen and oxygen atoms in total. The van der Waals surface area contributed by atoms with E-state index in [0.29, 0.717) is 66.9 Å². The lowest BCUT2D eigenvalue weighted by molar-refractivity contribution is -0.138. The van der Waals surface area contributed by atoms with Crippen LogP contribution in [0.5, 0.6) is 5.75 Å². The van der Waals surface area contributed by atoms with Crippen molar-refractivity contribution in [1.29, 1.82) is 5.26 Å². The second kappa shape index (κ2) is 17.7. The number of rotatable bonds is 12. The quantitative estimate of drug-likeness (QED) is 0.138. The van der Waals surface area contributed by atoms with E-state index in [1.54, 1.807) is 55.1 Å². The van der Waals surface area contributed by atoms with Crippen LogP contribution < -0.4 is 30.5 Å². The van der Waals surface area contributed by atoms with Gasteiger partial charge in [-0.1, -0.05) is 18.5 Å². The van der Waals surface area contributed by atoms with E-state index in [1.165, 1.54) is 6.07 Å². The number of ether oxygens (including phenoxy) is 1. The molecular formula is C42H46ClF3N8O5S. The summed E-state index contributed by atoms with van der Waals surface area (Å²) in [5, 5.41) is 18.0. The van der Waals surface area contributed by atoms with Gasteiger partial charge >= 0.3 is 6.18 Å². The minimum Gasteiger partial charge on any atom is -0.492 e. The van der Waals surface area contributed by atoms with Crippen LogP contribution in [-0.2, 0) is 31.8 Å². The number of halogens is 4. The number of hydrogen-bond acceptors (Lipinski definition) is 10. The van der Waals surface area contributed by atoms with Gasteiger partial charge in [0.25, 0.3) is 5.91 Å². The molecule has 3 aromatic rings. The summed E-state index contributed by atoms with van der Waals surface area (Å²) in [6, 6.07) is 14.6. The van der Waals surface area contributed by atoms with Crippen molar-refractivity contribution in [2.24, 2.45) is 0 Å². The summed E-state index contributed by atoms with van der Waals surface area (Å²) in [6.07, 6.45) is -3.63. The molecule has 3 fully saturated rings. The maximum absolute atomic E-state index is 13.8. The van der Waals surface area contributed by atoms with E-state index >= 15 is 0 Å². The number of anilines is 4. The highest BCUT2D eigenvalue weighted by molar-refractivity contribution is 7.81. The van der Waals surface area contributed by atoms with E-state index in [9.17, 15) is 37.6 Å². The summed E-state index contributed by atoms with van der Waals surface area (Å²) < 4.78 is 47.7. The number of nitrogens with one attached hydrogen (secondary N) is 3. The molecule has 318 valence electrons. The molecule has 1 unspecified atom stereocenters. The van der Waals surface area contributed by atoms with E-state index in [-0.39, 0.29) is 47.7 Å². The highest BCUT2D eigenvalue weighted by atomic mass is 35.5. The Morgan fingerprint density at radius 2 is 1.72 bits per heavy atom. The Hall–Kier alpha value is -5.28. The lowest BCUT2D eigenvalue weighted by Gasteiger charge is -2.44. The van der Waals surface area contributed by atoms with Crippen molar-refractivity contribution >= 4 is 75.3 Å². The second-order valence-corrected chi connectivity index (χ2v) is 16.5. The minimum absolute atomic E-state index is 0.0105. The highest BCUT2D eigenvalue weighted by Gasteiger charge is 2.51. The lowest BCUT2D eigenvalue weighted by atomic mass is 10.0. The molecule has 3 aromatic carbocycles. The molecule has 0 aromatic heterocycles. The van der Waals surface area contributed by atoms with Crippen LogP contribution in [0.3, 0.4) is 0 Å². The smallest absolute Gasteiger partial charge is 0.417 e. The maximum atomic E-state index is 13.8. The van der Waals surface area contributed by atoms with E-state index in [2.05, 4.69) is 39.6 Å². The first-order chi connectivity index (χ1) is 28.3. The molecule has 0 radical (unpaired) electrons. The fourth-order valence-corrected chi connectivity index (χ4v) is 8.73. The average molecular weight is 867 g/mol. The second-order valence-electron chi connectivity index (χ2n) is 15.7. The molecule has 3 saturated heterocycles. The zero-order valence-electron chi connectivity index (χ0n) is 33.8. The summed E-state index contributed by atoms with van der Waals surface area (Å²) >= 11 is 12.1. The number of hydrogen-bond donors (Lipinski definition) is 3. The summed E-state index contributed by atoms with van der Waals surface area (Å²) in [6.45, 7) is 12.0. The number of alkyl halides is 3. The Kier molecular flexibility index (Phi) is 13.1. The summed E-state index contributed by atoms with van der Waals surface area (Å²) in [7, 11) is 0. The highest BCUT2D eigenvalue weighted by Crippen LogP contribution is 2.40. The first-order valence-corrected chi connectivity index (χ1v) is 20.3. The van der Waals surface area contributed by atoms with Gasteiger partial charge < -0.3 is 20.3 Å². The fourth-order valence-electron chi connectivity index (χ4n) is 7.97. The number of imide groups is 1. The number of piperazine rings is 1. The van der Waals surface area contributed by atoms with Crippen LogP contribution in [0.1, 0.15) is 64.2 Å². The molecule has 3 heterocycles. The first-order valence-electron chi connectivity index (χ1n) is 19.5. The third kappa shape index (κ3) is 9.52. The predicted octanol–water partition coefficient (Wildman–Crippen LogP) is 6.34. The van der Waals surface area contributed by atoms with Crippen molar-refractivity contribution in [3.63, 3.8) is 0 Å². The van der Waals surface area contributed by atoms with Crippen molar-refractivity contribution in [2.75, 3.05) is 53.2 Å². The largest absolute Gasteiger partial charge is 0.492 e. The molecule has 0 bridgehead atoms. The number of carbonyl (C=O) groups is 4. The zero-order chi connectivity index (χ0) is 43.7. The van der Waals surface area contributed by atoms with Gasteiger partial charge in [0.1, 0.15) is 23.9 Å². The Labute approximate surface area is 356 Å². The van der Waals surface area contributed by atoms with Crippen LogP contribution >= 0.6 is 23.8 Å². The summed E-state index contributed by atoms with van der Waals surface area (Å²) in [5.74, 6) is -0.788. The molecule has 18 heteroatoms. The number of amides is 4. The van der Waals surface area contributed by atoms with Crippen LogP contribution in [-0.4, -0.2) is 95.0 Å². The van der Waals surface area contributed by atoms with E-state index in [4.69, 9.17) is 28.6 Å². The standard InChI is InChI=1S/C42H46ClF3N8O5S/c1-6-26-15-32(54-40(60)53(39(58)41(54,4)5)31-8-7-27(20-47)33(19-31)42(44,45)46)9-11-35(26)59-14-13-51-21-24(2)52(25(3)22-51)23-37(56)49-30-17-28(43)16-29(18-30)48-34-10-12-36(55)50-38(34)57/h7-9,11,15-19,24-25,34,48H,6,10,12-14,21-23H2,1-5H3,(H,49,56)(H,50,55,57)/t24-,25-,34?/m1/s1. The van der Waals surface area contributed by atoms with Gasteiger partial charge in [0.15, 0.2) is 5.11 Å². The normalized spacial score (nSPS) is 21.2. The van der Waals surface area contributed by atoms with Gasteiger partial charge in [-0.3, -0.25) is 39.2 Å². The third-order valence-corrected chi connectivity index (χ3v) is 11.6. The van der Waals surface area contributed by atoms with Crippen molar-refractivity contribution in [2.45, 2.75) is 83.7 Å². The molecule has 0 aliphatic carbocycles. The Morgan fingerprint density at radius 1 is 1.03 bits per heavy atom. The van der Waals surface area contributed by atoms with Gasteiger partial charge in [-0.25, -0.2) is 0 Å². The van der Waals surface area contributed by atoms with Gasteiger partial charge in [-0.15, -0.1) is 0 Å². The monoisotopic (exact) mass is 866 g/mol. The molecular weight excluding hydrogens is 821 g/mol. The van der Waals surface area contributed by atoms with Crippen LogP contribution in [0.15, 0.2) is 54.6 Å². The van der Waals surface area contributed by atoms with Gasteiger partial charge in [0.2, 0.25) is 17.7 Å². The number of nitriles is 1. The van der Waals surface area contributed by atoms with Crippen molar-refractivity contribution < 1.29 is 37.1 Å². The average Bonchev–Trinajstić information content (AvgIpc) is 3.35. The van der Waals surface area contributed by atoms with Crippen LogP contribution in [0, 0.1) is 11.3 Å². The Balaban J connectivity index is 1.04. The summed E-state index contributed by atoms with van der Waals surface area (Å²) in [5.41, 5.74) is -0.554. The Bertz CT molecular complexity index is 2240. The van der Waals surface area contributed by atoms with Crippen LogP contribution in [0.2, 0.25) is 5.02 Å². The molecule has 3 aliphatic rings. The molecule has 60 heavy (non-hydrogen) atoms. The van der Waals surface area contributed by atoms with Crippen molar-refractivity contribution in [1.82, 2.24) is 15.1 Å². The number of carbonyl (C=O) groups excluding carboxylic acids is 4. The van der Waals surface area contributed by atoms with Gasteiger partial charge in [0.05, 0.1) is 29.4 Å². The predicted molar refractivity (Wildman–Crippen MR) is 226 cm³/mol. The third-order valence-electron chi connectivity index (χ3n) is 11.0. The topological polar surface area (TPSA) is 150 Å². The van der Waals surface area contributed by atoms with E-state index in [1.807, 2.05) is 13.0 Å². The lowest BCUT2D eigenvalue weighted by Crippen LogP contribution is -2.58. The van der Waals surface area contributed by atoms with Crippen LogP contribution in [0.25, 0.3) is 0 Å². The number of aryl methyl sites for hydroxylation is 1. The van der Waals surface area contributed by atoms with Gasteiger partial charge in [0, 0.05) is 60.2 Å². The van der Waals surface area contributed by atoms with Crippen LogP contribution in [0.4, 0.5) is 35.9 Å². The number of benzene rings is 3. The minimum atomic E-state index is -4.80. The fraction of sp³-hybridized carbons (Fsp3) is 0.429. The summed E-state index contributed by atoms with van der Waals surface area (Å²) in [4.78, 5) is 57.8. The van der Waals surface area contributed by atoms with Gasteiger partial charge in [-0.05, 0) is 113 Å². The number of thiocarbonyl (C=S) groups is 1. The molecule has 3 N–H and O–H groups in total. The number of piperidine rings is 1. The maximum Gasteiger partial charge on any atom is 0.417 e. The van der Waals surface area contributed by atoms with E-state index in [0.717, 1.165) is 22.6 Å². The molecule has 6 rings (SSSR count). The van der Waals surface area contributed by atoms with Gasteiger partial charge in [-0.2, -0.15) is 18.4 Å². The Morgan fingerprint density at radius 3 is 2.37 bits per heavy atom. The molecule has 3 aliphatic heterocycles. The zero-order valence-corrected chi connectivity index (χ0v) is 35.4. The molecule has 0 spiro atoms. The van der Waals surface area contributed by atoms with E-state index < -0.39 is 40.7 Å². The molecule has 4 amide bonds. The van der Waals surface area contributed by atoms with Crippen molar-refractivity contribution in [3.05, 3.63) is 76.3 Å². The van der Waals surface area contributed by atoms with Crippen molar-refractivity contribution in [3.8, 4) is 11.8 Å².